The largest absolute Gasteiger partial charge is 0.507 e. The number of esters is 1. The van der Waals surface area contributed by atoms with Gasteiger partial charge in [0.1, 0.15) is 11.3 Å². The summed E-state index contributed by atoms with van der Waals surface area (Å²) >= 11 is 0. The summed E-state index contributed by atoms with van der Waals surface area (Å²) in [5.74, 6) is 0.320. The van der Waals surface area contributed by atoms with Crippen molar-refractivity contribution in [3.8, 4) is 28.7 Å². The van der Waals surface area contributed by atoms with E-state index in [4.69, 9.17) is 9.47 Å². The summed E-state index contributed by atoms with van der Waals surface area (Å²) in [7, 11) is 1.45. The van der Waals surface area contributed by atoms with Crippen molar-refractivity contribution in [2.75, 3.05) is 13.7 Å². The Labute approximate surface area is 150 Å². The molecule has 0 amide bonds. The van der Waals surface area contributed by atoms with E-state index < -0.39 is 5.97 Å². The molecular formula is C19H19N3O4. The first kappa shape index (κ1) is 17.5. The summed E-state index contributed by atoms with van der Waals surface area (Å²) in [6, 6.07) is 10.6. The Balaban J connectivity index is 2.06. The molecule has 1 aromatic carbocycles. The lowest BCUT2D eigenvalue weighted by Gasteiger charge is -2.10. The van der Waals surface area contributed by atoms with E-state index in [2.05, 4.69) is 10.1 Å². The van der Waals surface area contributed by atoms with Crippen molar-refractivity contribution >= 4 is 5.97 Å². The number of carbonyl (C=O) groups is 1. The van der Waals surface area contributed by atoms with Gasteiger partial charge in [0.15, 0.2) is 5.82 Å². The standard InChI is InChI=1S/C19H19N3O4/c1-4-26-19(24)14-11-20-22(18(14)25-3)17-7-5-6-15(21-17)13-10-12(2)8-9-16(13)23/h5-11,23H,4H2,1-3H3. The van der Waals surface area contributed by atoms with Crippen LogP contribution in [0.15, 0.2) is 42.6 Å². The fourth-order valence-electron chi connectivity index (χ4n) is 2.59. The highest BCUT2D eigenvalue weighted by atomic mass is 16.5. The second kappa shape index (κ2) is 7.26. The zero-order valence-corrected chi connectivity index (χ0v) is 14.8. The molecule has 0 bridgehead atoms. The Hall–Kier alpha value is -3.35. The maximum absolute atomic E-state index is 12.0. The zero-order chi connectivity index (χ0) is 18.7. The van der Waals surface area contributed by atoms with E-state index in [1.807, 2.05) is 19.1 Å². The van der Waals surface area contributed by atoms with Gasteiger partial charge in [0, 0.05) is 5.56 Å². The van der Waals surface area contributed by atoms with E-state index in [-0.39, 0.29) is 23.8 Å². The fraction of sp³-hybridized carbons (Fsp3) is 0.211. The Bertz CT molecular complexity index is 950. The number of methoxy groups -OCH3 is 1. The van der Waals surface area contributed by atoms with Crippen LogP contribution in [0.3, 0.4) is 0 Å². The predicted octanol–water partition coefficient (Wildman–Crippen LogP) is 3.13. The summed E-state index contributed by atoms with van der Waals surface area (Å²) in [6.07, 6.45) is 1.38. The van der Waals surface area contributed by atoms with Crippen molar-refractivity contribution in [2.45, 2.75) is 13.8 Å². The van der Waals surface area contributed by atoms with Crippen LogP contribution in [0.2, 0.25) is 0 Å². The average molecular weight is 353 g/mol. The number of carbonyl (C=O) groups excluding carboxylic acids is 1. The number of phenols is 1. The maximum Gasteiger partial charge on any atom is 0.345 e. The van der Waals surface area contributed by atoms with Gasteiger partial charge in [0.25, 0.3) is 0 Å². The molecular weight excluding hydrogens is 334 g/mol. The van der Waals surface area contributed by atoms with Gasteiger partial charge >= 0.3 is 5.97 Å². The molecule has 0 radical (unpaired) electrons. The van der Waals surface area contributed by atoms with Gasteiger partial charge in [-0.1, -0.05) is 17.7 Å². The van der Waals surface area contributed by atoms with Gasteiger partial charge in [-0.3, -0.25) is 0 Å². The summed E-state index contributed by atoms with van der Waals surface area (Å²) < 4.78 is 11.8. The topological polar surface area (TPSA) is 86.5 Å². The lowest BCUT2D eigenvalue weighted by molar-refractivity contribution is 0.0522. The van der Waals surface area contributed by atoms with Crippen LogP contribution in [0, 0.1) is 6.92 Å². The van der Waals surface area contributed by atoms with Gasteiger partial charge in [-0.05, 0) is 38.1 Å². The quantitative estimate of drug-likeness (QED) is 0.709. The van der Waals surface area contributed by atoms with Crippen molar-refractivity contribution in [1.82, 2.24) is 14.8 Å². The number of ether oxygens (including phenoxy) is 2. The number of aromatic hydroxyl groups is 1. The van der Waals surface area contributed by atoms with Crippen LogP contribution in [0.25, 0.3) is 17.1 Å². The molecule has 0 unspecified atom stereocenters. The number of nitrogens with zero attached hydrogens (tertiary/aromatic N) is 3. The molecule has 0 atom stereocenters. The summed E-state index contributed by atoms with van der Waals surface area (Å²) in [5, 5.41) is 14.3. The van der Waals surface area contributed by atoms with E-state index in [0.29, 0.717) is 17.1 Å². The van der Waals surface area contributed by atoms with E-state index in [0.717, 1.165) is 5.56 Å². The van der Waals surface area contributed by atoms with Gasteiger partial charge in [0.05, 0.1) is 25.6 Å². The molecule has 3 rings (SSSR count). The number of hydrogen-bond donors (Lipinski definition) is 1. The predicted molar refractivity (Wildman–Crippen MR) is 95.7 cm³/mol. The van der Waals surface area contributed by atoms with Crippen molar-refractivity contribution in [3.63, 3.8) is 0 Å². The van der Waals surface area contributed by atoms with Crippen molar-refractivity contribution < 1.29 is 19.4 Å². The molecule has 26 heavy (non-hydrogen) atoms. The molecule has 0 saturated heterocycles. The second-order valence-electron chi connectivity index (χ2n) is 5.60. The molecule has 7 heteroatoms. The summed E-state index contributed by atoms with van der Waals surface area (Å²) in [5.41, 5.74) is 2.42. The molecule has 134 valence electrons. The molecule has 0 fully saturated rings. The van der Waals surface area contributed by atoms with Crippen LogP contribution in [0.5, 0.6) is 11.6 Å². The SMILES string of the molecule is CCOC(=O)c1cnn(-c2cccc(-c3cc(C)ccc3O)n2)c1OC. The van der Waals surface area contributed by atoms with Crippen LogP contribution in [0.1, 0.15) is 22.8 Å². The van der Waals surface area contributed by atoms with Crippen LogP contribution >= 0.6 is 0 Å². The third-order valence-electron chi connectivity index (χ3n) is 3.79. The number of rotatable bonds is 5. The molecule has 2 aromatic heterocycles. The molecule has 0 aliphatic rings. The normalized spacial score (nSPS) is 10.6. The van der Waals surface area contributed by atoms with Crippen molar-refractivity contribution in [3.05, 3.63) is 53.7 Å². The maximum atomic E-state index is 12.0. The Morgan fingerprint density at radius 3 is 2.81 bits per heavy atom. The van der Waals surface area contributed by atoms with E-state index in [1.54, 1.807) is 31.2 Å². The van der Waals surface area contributed by atoms with Gasteiger partial charge in [-0.2, -0.15) is 9.78 Å². The lowest BCUT2D eigenvalue weighted by atomic mass is 10.1. The van der Waals surface area contributed by atoms with E-state index in [9.17, 15) is 9.90 Å². The highest BCUT2D eigenvalue weighted by Crippen LogP contribution is 2.30. The third kappa shape index (κ3) is 3.23. The number of phenolic OH excluding ortho intramolecular Hbond substituents is 1. The Morgan fingerprint density at radius 1 is 1.27 bits per heavy atom. The minimum atomic E-state index is -0.511. The average Bonchev–Trinajstić information content (AvgIpc) is 3.08. The first-order chi connectivity index (χ1) is 12.5. The third-order valence-corrected chi connectivity index (χ3v) is 3.79. The van der Waals surface area contributed by atoms with Crippen molar-refractivity contribution in [1.29, 1.82) is 0 Å². The van der Waals surface area contributed by atoms with Gasteiger partial charge in [-0.25, -0.2) is 9.78 Å². The highest BCUT2D eigenvalue weighted by Gasteiger charge is 2.21. The van der Waals surface area contributed by atoms with E-state index >= 15 is 0 Å². The molecule has 3 aromatic rings. The highest BCUT2D eigenvalue weighted by molar-refractivity contribution is 5.91. The zero-order valence-electron chi connectivity index (χ0n) is 14.8. The van der Waals surface area contributed by atoms with Crippen LogP contribution in [-0.2, 0) is 4.74 Å². The van der Waals surface area contributed by atoms with E-state index in [1.165, 1.54) is 18.0 Å². The van der Waals surface area contributed by atoms with Gasteiger partial charge in [0.2, 0.25) is 5.88 Å². The molecule has 7 nitrogen and oxygen atoms in total. The molecule has 0 saturated carbocycles. The molecule has 0 aliphatic heterocycles. The number of pyridine rings is 1. The van der Waals surface area contributed by atoms with Gasteiger partial charge < -0.3 is 14.6 Å². The summed E-state index contributed by atoms with van der Waals surface area (Å²) in [6.45, 7) is 3.93. The Morgan fingerprint density at radius 2 is 2.08 bits per heavy atom. The minimum absolute atomic E-state index is 0.139. The van der Waals surface area contributed by atoms with Crippen LogP contribution in [0.4, 0.5) is 0 Å². The molecule has 0 spiro atoms. The molecule has 2 heterocycles. The minimum Gasteiger partial charge on any atom is -0.507 e. The fourth-order valence-corrected chi connectivity index (χ4v) is 2.59. The summed E-state index contributed by atoms with van der Waals surface area (Å²) in [4.78, 5) is 16.6. The first-order valence-electron chi connectivity index (χ1n) is 8.11. The number of aromatic nitrogens is 3. The van der Waals surface area contributed by atoms with Crippen molar-refractivity contribution in [2.24, 2.45) is 0 Å². The lowest BCUT2D eigenvalue weighted by Crippen LogP contribution is -2.08. The van der Waals surface area contributed by atoms with Gasteiger partial charge in [-0.15, -0.1) is 0 Å². The smallest absolute Gasteiger partial charge is 0.345 e. The molecule has 0 aliphatic carbocycles. The monoisotopic (exact) mass is 353 g/mol. The number of benzene rings is 1. The van der Waals surface area contributed by atoms with Crippen LogP contribution in [-0.4, -0.2) is 39.6 Å². The van der Waals surface area contributed by atoms with Crippen LogP contribution < -0.4 is 4.74 Å². The second-order valence-corrected chi connectivity index (χ2v) is 5.60. The Kier molecular flexibility index (Phi) is 4.88. The molecule has 1 N–H and O–H groups in total. The number of hydrogen-bond acceptors (Lipinski definition) is 6. The number of aryl methyl sites for hydroxylation is 1. The first-order valence-corrected chi connectivity index (χ1v) is 8.11.